The maximum absolute atomic E-state index is 11.8. The average Bonchev–Trinajstić information content (AvgIpc) is 2.93. The summed E-state index contributed by atoms with van der Waals surface area (Å²) >= 11 is 0. The summed E-state index contributed by atoms with van der Waals surface area (Å²) < 4.78 is 5.74. The number of carbonyl (C=O) groups is 1. The van der Waals surface area contributed by atoms with Gasteiger partial charge in [-0.2, -0.15) is 0 Å². The highest BCUT2D eigenvalue weighted by Crippen LogP contribution is 2.26. The number of rotatable bonds is 2. The number of nitrogens with one attached hydrogen (secondary N) is 3. The number of hydrogen-bond acceptors (Lipinski definition) is 7. The van der Waals surface area contributed by atoms with Crippen LogP contribution in [0, 0.1) is 0 Å². The van der Waals surface area contributed by atoms with Crippen molar-refractivity contribution in [3.8, 4) is 0 Å². The summed E-state index contributed by atoms with van der Waals surface area (Å²) in [5, 5.41) is 18.0. The van der Waals surface area contributed by atoms with Crippen LogP contribution < -0.4 is 21.7 Å². The summed E-state index contributed by atoms with van der Waals surface area (Å²) in [6.45, 7) is 0.616. The predicted molar refractivity (Wildman–Crippen MR) is 61.7 cm³/mol. The van der Waals surface area contributed by atoms with E-state index in [4.69, 9.17) is 15.6 Å². The van der Waals surface area contributed by atoms with Gasteiger partial charge in [-0.3, -0.25) is 21.2 Å². The third-order valence-electron chi connectivity index (χ3n) is 3.76. The summed E-state index contributed by atoms with van der Waals surface area (Å²) in [4.78, 5) is 13.8. The Morgan fingerprint density at radius 2 is 2.33 bits per heavy atom. The van der Waals surface area contributed by atoms with Crippen molar-refractivity contribution in [3.05, 3.63) is 0 Å². The first-order chi connectivity index (χ1) is 8.69. The minimum absolute atomic E-state index is 0.0410. The van der Waals surface area contributed by atoms with Crippen LogP contribution in [0.2, 0.25) is 0 Å². The molecule has 0 aromatic rings. The minimum atomic E-state index is -0.531. The number of hydrogen-bond donors (Lipinski definition) is 5. The number of aliphatic hydroxyl groups excluding tert-OH is 1. The lowest BCUT2D eigenvalue weighted by molar-refractivity contribution is -0.129. The zero-order valence-corrected chi connectivity index (χ0v) is 10.0. The van der Waals surface area contributed by atoms with Gasteiger partial charge >= 0.3 is 0 Å². The molecule has 6 N–H and O–H groups in total. The lowest BCUT2D eigenvalue weighted by Crippen LogP contribution is -2.70. The van der Waals surface area contributed by atoms with Gasteiger partial charge in [-0.1, -0.05) is 0 Å². The molecule has 3 saturated heterocycles. The van der Waals surface area contributed by atoms with E-state index in [0.29, 0.717) is 6.67 Å². The van der Waals surface area contributed by atoms with Crippen LogP contribution in [0.4, 0.5) is 0 Å². The fourth-order valence-corrected chi connectivity index (χ4v) is 2.85. The van der Waals surface area contributed by atoms with Crippen LogP contribution in [0.3, 0.4) is 0 Å². The second-order valence-electron chi connectivity index (χ2n) is 4.92. The van der Waals surface area contributed by atoms with Crippen LogP contribution in [0.15, 0.2) is 0 Å². The van der Waals surface area contributed by atoms with Crippen LogP contribution >= 0.6 is 0 Å². The monoisotopic (exact) mass is 257 g/mol. The van der Waals surface area contributed by atoms with Gasteiger partial charge < -0.3 is 15.2 Å². The quantitative estimate of drug-likeness (QED) is 0.358. The highest BCUT2D eigenvalue weighted by Gasteiger charge is 2.46. The Labute approximate surface area is 105 Å². The van der Waals surface area contributed by atoms with Crippen molar-refractivity contribution in [3.63, 3.8) is 0 Å². The van der Waals surface area contributed by atoms with Gasteiger partial charge in [0, 0.05) is 0 Å². The van der Waals surface area contributed by atoms with E-state index < -0.39 is 6.29 Å². The van der Waals surface area contributed by atoms with Crippen molar-refractivity contribution >= 4 is 5.91 Å². The van der Waals surface area contributed by atoms with Crippen LogP contribution in [0.25, 0.3) is 0 Å². The van der Waals surface area contributed by atoms with E-state index in [0.717, 1.165) is 12.8 Å². The number of fused-ring (bicyclic) bond motifs is 1. The maximum Gasteiger partial charge on any atom is 0.242 e. The first-order valence-electron chi connectivity index (χ1n) is 6.26. The predicted octanol–water partition coefficient (Wildman–Crippen LogP) is -3.00. The fourth-order valence-electron chi connectivity index (χ4n) is 2.85. The molecule has 5 atom stereocenters. The van der Waals surface area contributed by atoms with Gasteiger partial charge in [0.05, 0.1) is 25.5 Å². The Kier molecular flexibility index (Phi) is 3.22. The standard InChI is InChI=1S/C10H19N5O3/c11-10-13-8-7(9(17)14-10)12-4-15(8)6-2-1-5(3-16)18-6/h5-8,10,12-13,16H,1-4,11H2,(H,14,17)/t5-,6+,7?,8?,10?/m0/s1. The van der Waals surface area contributed by atoms with Gasteiger partial charge in [-0.25, -0.2) is 4.90 Å². The average molecular weight is 257 g/mol. The molecule has 8 nitrogen and oxygen atoms in total. The third-order valence-corrected chi connectivity index (χ3v) is 3.76. The summed E-state index contributed by atoms with van der Waals surface area (Å²) in [7, 11) is 0. The molecule has 0 aromatic heterocycles. The summed E-state index contributed by atoms with van der Waals surface area (Å²) in [6, 6.07) is -0.304. The Morgan fingerprint density at radius 1 is 1.50 bits per heavy atom. The van der Waals surface area contributed by atoms with Crippen molar-refractivity contribution in [2.24, 2.45) is 5.73 Å². The molecule has 0 aliphatic carbocycles. The molecule has 8 heteroatoms. The maximum atomic E-state index is 11.8. The van der Waals surface area contributed by atoms with E-state index in [9.17, 15) is 4.79 Å². The van der Waals surface area contributed by atoms with Crippen molar-refractivity contribution in [2.45, 2.75) is 43.7 Å². The van der Waals surface area contributed by atoms with Gasteiger partial charge in [0.1, 0.15) is 18.6 Å². The molecule has 3 heterocycles. The van der Waals surface area contributed by atoms with Crippen LogP contribution in [-0.4, -0.2) is 60.0 Å². The molecule has 0 spiro atoms. The van der Waals surface area contributed by atoms with Crippen LogP contribution in [0.5, 0.6) is 0 Å². The molecular weight excluding hydrogens is 238 g/mol. The number of amides is 1. The second-order valence-corrected chi connectivity index (χ2v) is 4.92. The van der Waals surface area contributed by atoms with Crippen molar-refractivity contribution in [2.75, 3.05) is 13.3 Å². The van der Waals surface area contributed by atoms with E-state index in [2.05, 4.69) is 20.9 Å². The second kappa shape index (κ2) is 4.72. The molecule has 3 fully saturated rings. The number of nitrogens with two attached hydrogens (primary N) is 1. The van der Waals surface area contributed by atoms with Crippen molar-refractivity contribution in [1.82, 2.24) is 20.9 Å². The number of carbonyl (C=O) groups excluding carboxylic acids is 1. The molecule has 0 radical (unpaired) electrons. The van der Waals surface area contributed by atoms with E-state index in [1.54, 1.807) is 0 Å². The molecule has 102 valence electrons. The first kappa shape index (κ1) is 12.3. The molecule has 3 aliphatic heterocycles. The third kappa shape index (κ3) is 2.00. The zero-order chi connectivity index (χ0) is 12.7. The molecule has 1 amide bonds. The van der Waals surface area contributed by atoms with Crippen LogP contribution in [0.1, 0.15) is 12.8 Å². The van der Waals surface area contributed by atoms with Gasteiger partial charge in [-0.15, -0.1) is 0 Å². The van der Waals surface area contributed by atoms with E-state index >= 15 is 0 Å². The largest absolute Gasteiger partial charge is 0.394 e. The fraction of sp³-hybridized carbons (Fsp3) is 0.900. The SMILES string of the molecule is NC1NC(=O)C2NCN([C@H]3CC[C@@H](CO)O3)C2N1. The highest BCUT2D eigenvalue weighted by molar-refractivity contribution is 5.83. The highest BCUT2D eigenvalue weighted by atomic mass is 16.5. The Balaban J connectivity index is 1.69. The smallest absolute Gasteiger partial charge is 0.242 e. The number of aliphatic hydroxyl groups is 1. The first-order valence-corrected chi connectivity index (χ1v) is 6.26. The summed E-state index contributed by atoms with van der Waals surface area (Å²) in [5.41, 5.74) is 5.72. The van der Waals surface area contributed by atoms with Gasteiger partial charge in [0.25, 0.3) is 0 Å². The van der Waals surface area contributed by atoms with Crippen molar-refractivity contribution < 1.29 is 14.6 Å². The Bertz CT molecular complexity index is 341. The molecule has 0 aromatic carbocycles. The molecule has 0 bridgehead atoms. The number of ether oxygens (including phenoxy) is 1. The molecule has 0 saturated carbocycles. The van der Waals surface area contributed by atoms with E-state index in [1.165, 1.54) is 0 Å². The van der Waals surface area contributed by atoms with E-state index in [1.807, 2.05) is 0 Å². The van der Waals surface area contributed by atoms with Gasteiger partial charge in [0.2, 0.25) is 5.91 Å². The lowest BCUT2D eigenvalue weighted by Gasteiger charge is -2.37. The molecular formula is C10H19N5O3. The topological polar surface area (TPSA) is 112 Å². The Hall–Kier alpha value is -0.770. The Morgan fingerprint density at radius 3 is 3.06 bits per heavy atom. The van der Waals surface area contributed by atoms with E-state index in [-0.39, 0.29) is 37.1 Å². The molecule has 3 aliphatic rings. The molecule has 3 unspecified atom stereocenters. The van der Waals surface area contributed by atoms with Crippen molar-refractivity contribution in [1.29, 1.82) is 0 Å². The normalized spacial score (nSPS) is 45.0. The van der Waals surface area contributed by atoms with Gasteiger partial charge in [0.15, 0.2) is 0 Å². The lowest BCUT2D eigenvalue weighted by atomic mass is 10.1. The van der Waals surface area contributed by atoms with Crippen LogP contribution in [-0.2, 0) is 9.53 Å². The minimum Gasteiger partial charge on any atom is -0.394 e. The zero-order valence-electron chi connectivity index (χ0n) is 10.0. The summed E-state index contributed by atoms with van der Waals surface area (Å²) in [5.74, 6) is -0.0922. The van der Waals surface area contributed by atoms with Gasteiger partial charge in [-0.05, 0) is 12.8 Å². The molecule has 18 heavy (non-hydrogen) atoms. The number of nitrogens with zero attached hydrogens (tertiary/aromatic N) is 1. The summed E-state index contributed by atoms with van der Waals surface area (Å²) in [6.07, 6.45) is 0.838. The molecule has 3 rings (SSSR count).